The number of anilines is 3. The summed E-state index contributed by atoms with van der Waals surface area (Å²) in [7, 11) is 0. The Morgan fingerprint density at radius 1 is 0.293 bits per heavy atom. The summed E-state index contributed by atoms with van der Waals surface area (Å²) in [5.41, 5.74) is 14.5. The fraction of sp³-hybridized carbons (Fsp3) is 0. The highest BCUT2D eigenvalue weighted by Crippen LogP contribution is 2.51. The van der Waals surface area contributed by atoms with Crippen LogP contribution in [-0.4, -0.2) is 0 Å². The molecule has 0 saturated carbocycles. The van der Waals surface area contributed by atoms with E-state index in [0.29, 0.717) is 0 Å². The van der Waals surface area contributed by atoms with Gasteiger partial charge in [0.1, 0.15) is 33.5 Å². The highest BCUT2D eigenvalue weighted by atomic mass is 16.3. The van der Waals surface area contributed by atoms with Crippen molar-refractivity contribution >= 4 is 82.9 Å². The molecule has 12 rings (SSSR count). The van der Waals surface area contributed by atoms with Crippen LogP contribution < -0.4 is 4.90 Å². The summed E-state index contributed by atoms with van der Waals surface area (Å²) < 4.78 is 20.1. The third kappa shape index (κ3) is 5.09. The normalized spacial score (nSPS) is 11.8. The fourth-order valence-electron chi connectivity index (χ4n) is 8.77. The molecular weight excluding hydrogens is 711 g/mol. The summed E-state index contributed by atoms with van der Waals surface area (Å²) in [6.45, 7) is 0. The summed E-state index contributed by atoms with van der Waals surface area (Å²) in [5.74, 6) is 0. The highest BCUT2D eigenvalue weighted by Gasteiger charge is 2.26. The third-order valence-corrected chi connectivity index (χ3v) is 11.5. The average molecular weight is 744 g/mol. The lowest BCUT2D eigenvalue weighted by Gasteiger charge is -2.28. The number of hydrogen-bond donors (Lipinski definition) is 0. The van der Waals surface area contributed by atoms with E-state index in [4.69, 9.17) is 13.3 Å². The first kappa shape index (κ1) is 32.4. The number of nitrogens with zero attached hydrogens (tertiary/aromatic N) is 1. The van der Waals surface area contributed by atoms with E-state index in [9.17, 15) is 0 Å². The van der Waals surface area contributed by atoms with Crippen LogP contribution in [0.5, 0.6) is 0 Å². The SMILES string of the molecule is c1ccc(-c2ccc3c(c2)oc2c(-c4ccccc4)ccc(N(c4ccc5oc6ccccc6c5c4)c4cc(-c5ccccc5)cc5oc6ccccc6c45)c23)cc1. The van der Waals surface area contributed by atoms with E-state index >= 15 is 0 Å². The summed E-state index contributed by atoms with van der Waals surface area (Å²) in [4.78, 5) is 2.40. The van der Waals surface area contributed by atoms with Gasteiger partial charge in [0.15, 0.2) is 0 Å². The molecule has 0 fully saturated rings. The second-order valence-electron chi connectivity index (χ2n) is 14.8. The van der Waals surface area contributed by atoms with Gasteiger partial charge in [0.25, 0.3) is 0 Å². The van der Waals surface area contributed by atoms with Crippen LogP contribution in [0.4, 0.5) is 17.1 Å². The van der Waals surface area contributed by atoms with E-state index in [1.54, 1.807) is 0 Å². The van der Waals surface area contributed by atoms with Crippen LogP contribution in [0.2, 0.25) is 0 Å². The van der Waals surface area contributed by atoms with E-state index in [1.807, 2.05) is 24.3 Å². The van der Waals surface area contributed by atoms with Crippen molar-refractivity contribution in [3.8, 4) is 33.4 Å². The first-order chi connectivity index (χ1) is 28.7. The van der Waals surface area contributed by atoms with E-state index in [-0.39, 0.29) is 0 Å². The lowest BCUT2D eigenvalue weighted by Crippen LogP contribution is -2.11. The van der Waals surface area contributed by atoms with Crippen LogP contribution >= 0.6 is 0 Å². The van der Waals surface area contributed by atoms with Gasteiger partial charge in [0.05, 0.1) is 22.1 Å². The maximum atomic E-state index is 7.05. The molecular formula is C54H33NO3. The van der Waals surface area contributed by atoms with Crippen molar-refractivity contribution in [3.05, 3.63) is 200 Å². The van der Waals surface area contributed by atoms with Crippen LogP contribution in [0.25, 0.3) is 99.2 Å². The Morgan fingerprint density at radius 2 is 0.879 bits per heavy atom. The Balaban J connectivity index is 1.22. The van der Waals surface area contributed by atoms with E-state index in [1.165, 1.54) is 0 Å². The Labute approximate surface area is 333 Å². The predicted molar refractivity (Wildman–Crippen MR) is 239 cm³/mol. The van der Waals surface area contributed by atoms with E-state index in [2.05, 4.69) is 181 Å². The molecule has 3 heterocycles. The van der Waals surface area contributed by atoms with E-state index < -0.39 is 0 Å². The quantitative estimate of drug-likeness (QED) is 0.170. The summed E-state index contributed by atoms with van der Waals surface area (Å²) in [6.07, 6.45) is 0. The first-order valence-electron chi connectivity index (χ1n) is 19.6. The van der Waals surface area contributed by atoms with Crippen LogP contribution in [0.1, 0.15) is 0 Å². The van der Waals surface area contributed by atoms with Crippen molar-refractivity contribution in [2.75, 3.05) is 4.90 Å². The zero-order valence-corrected chi connectivity index (χ0v) is 31.2. The molecule has 4 nitrogen and oxygen atoms in total. The first-order valence-corrected chi connectivity index (χ1v) is 19.6. The number of rotatable bonds is 6. The number of furan rings is 3. The van der Waals surface area contributed by atoms with Crippen molar-refractivity contribution in [2.24, 2.45) is 0 Å². The average Bonchev–Trinajstić information content (AvgIpc) is 3.98. The number of benzene rings is 9. The monoisotopic (exact) mass is 743 g/mol. The fourth-order valence-corrected chi connectivity index (χ4v) is 8.77. The molecule has 0 radical (unpaired) electrons. The van der Waals surface area contributed by atoms with Crippen LogP contribution in [0.3, 0.4) is 0 Å². The van der Waals surface area contributed by atoms with Gasteiger partial charge < -0.3 is 18.2 Å². The molecule has 0 aliphatic heterocycles. The van der Waals surface area contributed by atoms with Gasteiger partial charge >= 0.3 is 0 Å². The van der Waals surface area contributed by atoms with E-state index in [0.717, 1.165) is 116 Å². The minimum absolute atomic E-state index is 0.819. The molecule has 4 heteroatoms. The van der Waals surface area contributed by atoms with Crippen LogP contribution in [0, 0.1) is 0 Å². The molecule has 12 aromatic rings. The minimum Gasteiger partial charge on any atom is -0.456 e. The maximum Gasteiger partial charge on any atom is 0.145 e. The Bertz CT molecular complexity index is 3500. The van der Waals surface area contributed by atoms with Crippen molar-refractivity contribution < 1.29 is 13.3 Å². The summed E-state index contributed by atoms with van der Waals surface area (Å²) in [5, 5.41) is 6.27. The number of hydrogen-bond acceptors (Lipinski definition) is 4. The van der Waals surface area contributed by atoms with Crippen LogP contribution in [0.15, 0.2) is 213 Å². The molecule has 0 unspecified atom stereocenters. The van der Waals surface area contributed by atoms with Crippen molar-refractivity contribution in [1.82, 2.24) is 0 Å². The second-order valence-corrected chi connectivity index (χ2v) is 14.8. The van der Waals surface area contributed by atoms with Gasteiger partial charge in [-0.1, -0.05) is 133 Å². The molecule has 0 spiro atoms. The summed E-state index contributed by atoms with van der Waals surface area (Å²) in [6, 6.07) is 70.2. The van der Waals surface area contributed by atoms with Gasteiger partial charge in [-0.05, 0) is 94.5 Å². The Hall–Kier alpha value is -7.82. The van der Waals surface area contributed by atoms with Crippen molar-refractivity contribution in [2.45, 2.75) is 0 Å². The minimum atomic E-state index is 0.819. The van der Waals surface area contributed by atoms with Gasteiger partial charge in [0.2, 0.25) is 0 Å². The highest BCUT2D eigenvalue weighted by molar-refractivity contribution is 6.21. The van der Waals surface area contributed by atoms with Gasteiger partial charge in [0, 0.05) is 32.8 Å². The molecule has 0 atom stereocenters. The van der Waals surface area contributed by atoms with Crippen LogP contribution in [-0.2, 0) is 0 Å². The Morgan fingerprint density at radius 3 is 1.64 bits per heavy atom. The smallest absolute Gasteiger partial charge is 0.145 e. The molecule has 0 aliphatic carbocycles. The van der Waals surface area contributed by atoms with Gasteiger partial charge in [-0.15, -0.1) is 0 Å². The predicted octanol–water partition coefficient (Wildman–Crippen LogP) is 15.9. The lowest BCUT2D eigenvalue weighted by molar-refractivity contribution is 0.668. The zero-order chi connectivity index (χ0) is 38.2. The lowest BCUT2D eigenvalue weighted by atomic mass is 9.97. The molecule has 0 aliphatic rings. The molecule has 0 N–H and O–H groups in total. The summed E-state index contributed by atoms with van der Waals surface area (Å²) >= 11 is 0. The molecule has 0 saturated heterocycles. The van der Waals surface area contributed by atoms with Gasteiger partial charge in [-0.25, -0.2) is 0 Å². The molecule has 272 valence electrons. The number of para-hydroxylation sites is 2. The standard InChI is InChI=1S/C54H33NO3/c1-4-14-34(15-5-1)37-24-26-43-50(31-37)58-54-40(36-18-8-3-9-19-36)27-28-45(53(43)54)55(39-25-29-49-44(33-39)41-20-10-12-22-47(41)56-49)46-30-38(35-16-6-2-7-17-35)32-51-52(46)42-21-11-13-23-48(42)57-51/h1-33H. The largest absolute Gasteiger partial charge is 0.456 e. The van der Waals surface area contributed by atoms with Gasteiger partial charge in [-0.2, -0.15) is 0 Å². The molecule has 3 aromatic heterocycles. The number of fused-ring (bicyclic) bond motifs is 9. The van der Waals surface area contributed by atoms with Crippen molar-refractivity contribution in [1.29, 1.82) is 0 Å². The van der Waals surface area contributed by atoms with Gasteiger partial charge in [-0.3, -0.25) is 0 Å². The second kappa shape index (κ2) is 12.9. The zero-order valence-electron chi connectivity index (χ0n) is 31.2. The Kier molecular flexibility index (Phi) is 7.20. The molecule has 9 aromatic carbocycles. The third-order valence-electron chi connectivity index (χ3n) is 11.5. The maximum absolute atomic E-state index is 7.05. The topological polar surface area (TPSA) is 42.7 Å². The molecule has 0 amide bonds. The molecule has 58 heavy (non-hydrogen) atoms. The van der Waals surface area contributed by atoms with Crippen molar-refractivity contribution in [3.63, 3.8) is 0 Å². The molecule has 0 bridgehead atoms.